The van der Waals surface area contributed by atoms with Crippen LogP contribution in [0.25, 0.3) is 0 Å². The molecule has 0 saturated carbocycles. The molecule has 106 valence electrons. The van der Waals surface area contributed by atoms with E-state index in [1.807, 2.05) is 0 Å². The molecule has 0 spiro atoms. The van der Waals surface area contributed by atoms with Gasteiger partial charge in [-0.2, -0.15) is 0 Å². The third-order valence-electron chi connectivity index (χ3n) is 2.48. The number of hydrogen-bond donors (Lipinski definition) is 1. The van der Waals surface area contributed by atoms with Gasteiger partial charge in [-0.25, -0.2) is 4.98 Å². The summed E-state index contributed by atoms with van der Waals surface area (Å²) in [5.74, 6) is -0.0852. The molecule has 2 N–H and O–H groups in total. The predicted molar refractivity (Wildman–Crippen MR) is 77.7 cm³/mol. The summed E-state index contributed by atoms with van der Waals surface area (Å²) in [4.78, 5) is 15.0. The van der Waals surface area contributed by atoms with Crippen LogP contribution in [-0.4, -0.2) is 22.1 Å². The number of imidazole rings is 1. The molecule has 1 aromatic carbocycles. The Labute approximate surface area is 130 Å². The zero-order valence-corrected chi connectivity index (χ0v) is 12.4. The van der Waals surface area contributed by atoms with Gasteiger partial charge in [-0.3, -0.25) is 4.79 Å². The number of halogens is 3. The zero-order valence-electron chi connectivity index (χ0n) is 10.1. The molecule has 0 fully saturated rings. The molecular weight excluding hydrogens is 325 g/mol. The Morgan fingerprint density at radius 3 is 2.55 bits per heavy atom. The van der Waals surface area contributed by atoms with Crippen molar-refractivity contribution in [1.29, 1.82) is 0 Å². The van der Waals surface area contributed by atoms with Crippen molar-refractivity contribution < 1.29 is 9.53 Å². The van der Waals surface area contributed by atoms with Crippen molar-refractivity contribution in [3.05, 3.63) is 45.4 Å². The Morgan fingerprint density at radius 2 is 1.95 bits per heavy atom. The average Bonchev–Trinajstić information content (AvgIpc) is 2.80. The van der Waals surface area contributed by atoms with Crippen molar-refractivity contribution in [2.45, 2.75) is 6.54 Å². The van der Waals surface area contributed by atoms with E-state index in [0.717, 1.165) is 0 Å². The van der Waals surface area contributed by atoms with Gasteiger partial charge in [0.1, 0.15) is 6.61 Å². The number of carbonyl (C=O) groups excluding carboxylic acids is 1. The van der Waals surface area contributed by atoms with Gasteiger partial charge in [0, 0.05) is 17.4 Å². The van der Waals surface area contributed by atoms with Crippen LogP contribution in [0.5, 0.6) is 5.75 Å². The summed E-state index contributed by atoms with van der Waals surface area (Å²) in [5.41, 5.74) is 5.19. The second-order valence-electron chi connectivity index (χ2n) is 3.86. The highest BCUT2D eigenvalue weighted by Gasteiger charge is 2.11. The number of benzene rings is 1. The minimum Gasteiger partial charge on any atom is -0.489 e. The number of ether oxygens (including phenoxy) is 1. The zero-order chi connectivity index (χ0) is 14.7. The molecule has 0 aliphatic heterocycles. The second kappa shape index (κ2) is 6.35. The molecule has 1 aromatic heterocycles. The first-order valence-corrected chi connectivity index (χ1v) is 6.70. The van der Waals surface area contributed by atoms with Crippen LogP contribution in [0.1, 0.15) is 10.6 Å². The van der Waals surface area contributed by atoms with E-state index in [0.29, 0.717) is 27.4 Å². The lowest BCUT2D eigenvalue weighted by Gasteiger charge is -2.11. The Balaban J connectivity index is 2.03. The van der Waals surface area contributed by atoms with Crippen molar-refractivity contribution in [3.8, 4) is 5.75 Å². The Bertz CT molecular complexity index is 620. The van der Waals surface area contributed by atoms with E-state index in [9.17, 15) is 4.79 Å². The minimum absolute atomic E-state index is 0.168. The quantitative estimate of drug-likeness (QED) is 0.913. The van der Waals surface area contributed by atoms with E-state index in [4.69, 9.17) is 45.3 Å². The van der Waals surface area contributed by atoms with Crippen molar-refractivity contribution in [1.82, 2.24) is 9.55 Å². The van der Waals surface area contributed by atoms with Crippen LogP contribution in [0.3, 0.4) is 0 Å². The fraction of sp³-hybridized carbons (Fsp3) is 0.167. The largest absolute Gasteiger partial charge is 0.489 e. The van der Waals surface area contributed by atoms with Gasteiger partial charge >= 0.3 is 0 Å². The van der Waals surface area contributed by atoms with Crippen molar-refractivity contribution >= 4 is 40.7 Å². The van der Waals surface area contributed by atoms with Crippen molar-refractivity contribution in [3.63, 3.8) is 0 Å². The summed E-state index contributed by atoms with van der Waals surface area (Å²) in [6.45, 7) is 0.630. The van der Waals surface area contributed by atoms with Crippen LogP contribution < -0.4 is 10.5 Å². The van der Waals surface area contributed by atoms with Gasteiger partial charge in [-0.15, -0.1) is 0 Å². The first-order chi connectivity index (χ1) is 9.49. The van der Waals surface area contributed by atoms with Gasteiger partial charge in [-0.05, 0) is 12.1 Å². The molecule has 0 aliphatic rings. The lowest BCUT2D eigenvalue weighted by molar-refractivity contribution is 0.0985. The number of amides is 1. The Hall–Kier alpha value is -1.43. The highest BCUT2D eigenvalue weighted by Crippen LogP contribution is 2.35. The van der Waals surface area contributed by atoms with E-state index in [-0.39, 0.29) is 12.4 Å². The summed E-state index contributed by atoms with van der Waals surface area (Å²) >= 11 is 17.8. The van der Waals surface area contributed by atoms with E-state index in [1.54, 1.807) is 10.8 Å². The molecule has 0 saturated heterocycles. The smallest absolute Gasteiger partial charge is 0.284 e. The number of carbonyl (C=O) groups is 1. The van der Waals surface area contributed by atoms with Crippen LogP contribution in [0.15, 0.2) is 24.5 Å². The van der Waals surface area contributed by atoms with Gasteiger partial charge in [0.15, 0.2) is 11.6 Å². The summed E-state index contributed by atoms with van der Waals surface area (Å²) < 4.78 is 7.09. The van der Waals surface area contributed by atoms with Crippen LogP contribution in [-0.2, 0) is 6.54 Å². The maximum atomic E-state index is 11.1. The third-order valence-corrected chi connectivity index (χ3v) is 3.26. The van der Waals surface area contributed by atoms with Crippen LogP contribution in [0.4, 0.5) is 0 Å². The number of nitrogens with zero attached hydrogens (tertiary/aromatic N) is 2. The molecule has 0 bridgehead atoms. The topological polar surface area (TPSA) is 70.1 Å². The molecule has 5 nitrogen and oxygen atoms in total. The predicted octanol–water partition coefficient (Wildman–Crippen LogP) is 3.02. The third kappa shape index (κ3) is 3.36. The fourth-order valence-electron chi connectivity index (χ4n) is 1.63. The lowest BCUT2D eigenvalue weighted by atomic mass is 10.3. The van der Waals surface area contributed by atoms with Gasteiger partial charge < -0.3 is 15.0 Å². The Kier molecular flexibility index (Phi) is 4.75. The summed E-state index contributed by atoms with van der Waals surface area (Å²) in [6, 6.07) is 3.08. The van der Waals surface area contributed by atoms with E-state index in [2.05, 4.69) is 4.98 Å². The maximum absolute atomic E-state index is 11.1. The molecule has 8 heteroatoms. The molecule has 0 aliphatic carbocycles. The molecule has 2 rings (SSSR count). The van der Waals surface area contributed by atoms with E-state index in [1.165, 1.54) is 18.3 Å². The Morgan fingerprint density at radius 1 is 1.30 bits per heavy atom. The maximum Gasteiger partial charge on any atom is 0.284 e. The standard InChI is InChI=1S/C12H10Cl3N3O2/c13-7-5-8(14)10(9(15)6-7)20-4-3-18-2-1-17-12(18)11(16)19/h1-2,5-6H,3-4H2,(H2,16,19). The van der Waals surface area contributed by atoms with Gasteiger partial charge in [0.05, 0.1) is 16.6 Å². The number of hydrogen-bond acceptors (Lipinski definition) is 3. The van der Waals surface area contributed by atoms with E-state index >= 15 is 0 Å². The highest BCUT2D eigenvalue weighted by molar-refractivity contribution is 6.40. The monoisotopic (exact) mass is 333 g/mol. The molecule has 0 atom stereocenters. The first-order valence-electron chi connectivity index (χ1n) is 5.57. The fourth-order valence-corrected chi connectivity index (χ4v) is 2.55. The molecule has 0 radical (unpaired) electrons. The molecule has 1 amide bonds. The van der Waals surface area contributed by atoms with Gasteiger partial charge in [-0.1, -0.05) is 34.8 Å². The van der Waals surface area contributed by atoms with Gasteiger partial charge in [0.2, 0.25) is 0 Å². The summed E-state index contributed by atoms with van der Waals surface area (Å²) in [7, 11) is 0. The minimum atomic E-state index is -0.599. The molecule has 20 heavy (non-hydrogen) atoms. The highest BCUT2D eigenvalue weighted by atomic mass is 35.5. The van der Waals surface area contributed by atoms with Crippen molar-refractivity contribution in [2.24, 2.45) is 5.73 Å². The molecule has 2 aromatic rings. The SMILES string of the molecule is NC(=O)c1nccn1CCOc1c(Cl)cc(Cl)cc1Cl. The van der Waals surface area contributed by atoms with Crippen LogP contribution >= 0.6 is 34.8 Å². The van der Waals surface area contributed by atoms with E-state index < -0.39 is 5.91 Å². The molecular formula is C12H10Cl3N3O2. The summed E-state index contributed by atoms with van der Waals surface area (Å²) in [6.07, 6.45) is 3.12. The average molecular weight is 335 g/mol. The summed E-state index contributed by atoms with van der Waals surface area (Å²) in [5, 5.41) is 1.07. The number of nitrogens with two attached hydrogens (primary N) is 1. The normalized spacial score (nSPS) is 10.6. The lowest BCUT2D eigenvalue weighted by Crippen LogP contribution is -2.20. The van der Waals surface area contributed by atoms with Crippen LogP contribution in [0.2, 0.25) is 15.1 Å². The number of aromatic nitrogens is 2. The molecule has 1 heterocycles. The molecule has 0 unspecified atom stereocenters. The number of rotatable bonds is 5. The first kappa shape index (κ1) is 15.0. The second-order valence-corrected chi connectivity index (χ2v) is 5.11. The van der Waals surface area contributed by atoms with Crippen LogP contribution in [0, 0.1) is 0 Å². The van der Waals surface area contributed by atoms with Crippen molar-refractivity contribution in [2.75, 3.05) is 6.61 Å². The number of primary amides is 1. The van der Waals surface area contributed by atoms with Gasteiger partial charge in [0.25, 0.3) is 5.91 Å².